The maximum Gasteiger partial charge on any atom is -0.0351 e. The molecule has 0 aliphatic rings. The van der Waals surface area contributed by atoms with Gasteiger partial charge in [0, 0.05) is 0 Å². The largest absolute Gasteiger partial charge is 0.0888 e. The van der Waals surface area contributed by atoms with Crippen molar-refractivity contribution in [1.82, 2.24) is 0 Å². The summed E-state index contributed by atoms with van der Waals surface area (Å²) in [5.41, 5.74) is 0. The summed E-state index contributed by atoms with van der Waals surface area (Å²) in [6.07, 6.45) is 22.0. The third-order valence-corrected chi connectivity index (χ3v) is 2.68. The number of allylic oxidation sites excluding steroid dienone is 4. The lowest BCUT2D eigenvalue weighted by Crippen LogP contribution is -1.75. The zero-order valence-corrected chi connectivity index (χ0v) is 11.1. The van der Waals surface area contributed by atoms with Crippen LogP contribution >= 0.6 is 0 Å². The molecule has 0 aromatic rings. The van der Waals surface area contributed by atoms with Gasteiger partial charge in [0.25, 0.3) is 0 Å². The second kappa shape index (κ2) is 14.5. The monoisotopic (exact) mass is 221 g/mol. The fourth-order valence-corrected chi connectivity index (χ4v) is 1.66. The van der Waals surface area contributed by atoms with E-state index in [1.165, 1.54) is 57.8 Å². The molecule has 0 aliphatic heterocycles. The molecule has 0 nitrogen and oxygen atoms in total. The molecule has 93 valence electrons. The van der Waals surface area contributed by atoms with Crippen molar-refractivity contribution in [3.05, 3.63) is 31.2 Å². The van der Waals surface area contributed by atoms with E-state index in [0.29, 0.717) is 0 Å². The van der Waals surface area contributed by atoms with Crippen molar-refractivity contribution in [2.75, 3.05) is 0 Å². The molecule has 0 saturated carbocycles. The fourth-order valence-electron chi connectivity index (χ4n) is 1.66. The van der Waals surface area contributed by atoms with E-state index in [1.54, 1.807) is 0 Å². The molecule has 0 amide bonds. The number of hydrogen-bond donors (Lipinski definition) is 0. The summed E-state index contributed by atoms with van der Waals surface area (Å²) in [6.45, 7) is 6.04. The standard InChI is InChI=1S/C16H29/c1-3-5-7-9-11-13-15-16-14-12-10-8-6-4-2/h6,8,13,15H,1,3-5,7,9-12,14,16H2,2H3. The molecule has 16 heavy (non-hydrogen) atoms. The van der Waals surface area contributed by atoms with Crippen molar-refractivity contribution in [3.63, 3.8) is 0 Å². The normalized spacial score (nSPS) is 11.9. The van der Waals surface area contributed by atoms with E-state index in [1.807, 2.05) is 0 Å². The summed E-state index contributed by atoms with van der Waals surface area (Å²) >= 11 is 0. The molecule has 0 aromatic carbocycles. The van der Waals surface area contributed by atoms with Crippen molar-refractivity contribution >= 4 is 0 Å². The molecule has 0 spiro atoms. The van der Waals surface area contributed by atoms with Crippen LogP contribution in [0, 0.1) is 6.92 Å². The van der Waals surface area contributed by atoms with Gasteiger partial charge in [-0.3, -0.25) is 0 Å². The average Bonchev–Trinajstić information content (AvgIpc) is 2.31. The fraction of sp³-hybridized carbons (Fsp3) is 0.688. The highest BCUT2D eigenvalue weighted by molar-refractivity contribution is 4.83. The summed E-state index contributed by atoms with van der Waals surface area (Å²) in [6, 6.07) is 0. The van der Waals surface area contributed by atoms with Gasteiger partial charge < -0.3 is 0 Å². The lowest BCUT2D eigenvalue weighted by molar-refractivity contribution is 0.692. The lowest BCUT2D eigenvalue weighted by atomic mass is 10.1. The molecule has 0 atom stereocenters. The molecule has 0 heteroatoms. The highest BCUT2D eigenvalue weighted by Gasteiger charge is 1.85. The van der Waals surface area contributed by atoms with E-state index in [2.05, 4.69) is 38.2 Å². The summed E-state index contributed by atoms with van der Waals surface area (Å²) in [7, 11) is 0. The molecule has 0 N–H and O–H groups in total. The summed E-state index contributed by atoms with van der Waals surface area (Å²) in [4.78, 5) is 0. The van der Waals surface area contributed by atoms with Gasteiger partial charge in [-0.1, -0.05) is 57.4 Å². The van der Waals surface area contributed by atoms with Crippen molar-refractivity contribution < 1.29 is 0 Å². The third kappa shape index (κ3) is 13.5. The molecule has 1 radical (unpaired) electrons. The third-order valence-electron chi connectivity index (χ3n) is 2.68. The van der Waals surface area contributed by atoms with Crippen LogP contribution in [-0.2, 0) is 0 Å². The Balaban J connectivity index is 3.06. The van der Waals surface area contributed by atoms with Crippen molar-refractivity contribution in [2.45, 2.75) is 71.1 Å². The predicted molar refractivity (Wildman–Crippen MR) is 75.5 cm³/mol. The minimum Gasteiger partial charge on any atom is -0.0888 e. The summed E-state index contributed by atoms with van der Waals surface area (Å²) < 4.78 is 0. The molecule has 0 saturated heterocycles. The van der Waals surface area contributed by atoms with Crippen molar-refractivity contribution in [1.29, 1.82) is 0 Å². The van der Waals surface area contributed by atoms with Gasteiger partial charge in [-0.25, -0.2) is 0 Å². The molecular weight excluding hydrogens is 192 g/mol. The first-order valence-electron chi connectivity index (χ1n) is 7.01. The Hall–Kier alpha value is -0.520. The first-order chi connectivity index (χ1) is 7.91. The minimum absolute atomic E-state index is 1.09. The first kappa shape index (κ1) is 15.5. The maximum atomic E-state index is 3.85. The van der Waals surface area contributed by atoms with Gasteiger partial charge in [-0.2, -0.15) is 0 Å². The lowest BCUT2D eigenvalue weighted by Gasteiger charge is -1.95. The Kier molecular flexibility index (Phi) is 14.0. The van der Waals surface area contributed by atoms with E-state index >= 15 is 0 Å². The molecule has 0 rings (SSSR count). The maximum absolute atomic E-state index is 3.85. The minimum atomic E-state index is 1.09. The molecule has 0 unspecified atom stereocenters. The highest BCUT2D eigenvalue weighted by atomic mass is 13.9. The van der Waals surface area contributed by atoms with Gasteiger partial charge in [-0.15, -0.1) is 0 Å². The molecule has 0 bridgehead atoms. The Labute approximate surface area is 103 Å². The zero-order chi connectivity index (χ0) is 11.9. The molecular formula is C16H29. The van der Waals surface area contributed by atoms with Gasteiger partial charge in [0.15, 0.2) is 0 Å². The van der Waals surface area contributed by atoms with E-state index in [9.17, 15) is 0 Å². The second-order valence-corrected chi connectivity index (χ2v) is 4.34. The molecule has 0 heterocycles. The van der Waals surface area contributed by atoms with Gasteiger partial charge in [0.2, 0.25) is 0 Å². The number of unbranched alkanes of at least 4 members (excludes halogenated alkanes) is 7. The van der Waals surface area contributed by atoms with Gasteiger partial charge in [0.1, 0.15) is 0 Å². The Morgan fingerprint density at radius 1 is 0.688 bits per heavy atom. The quantitative estimate of drug-likeness (QED) is 0.303. The van der Waals surface area contributed by atoms with Crippen molar-refractivity contribution in [2.24, 2.45) is 0 Å². The van der Waals surface area contributed by atoms with Gasteiger partial charge >= 0.3 is 0 Å². The van der Waals surface area contributed by atoms with E-state index in [4.69, 9.17) is 0 Å². The Bertz CT molecular complexity index is 165. The molecule has 0 aliphatic carbocycles. The van der Waals surface area contributed by atoms with E-state index in [-0.39, 0.29) is 0 Å². The van der Waals surface area contributed by atoms with Crippen LogP contribution in [0.25, 0.3) is 0 Å². The van der Waals surface area contributed by atoms with Crippen LogP contribution in [0.1, 0.15) is 71.1 Å². The van der Waals surface area contributed by atoms with Crippen LogP contribution in [0.15, 0.2) is 24.3 Å². The van der Waals surface area contributed by atoms with E-state index < -0.39 is 0 Å². The first-order valence-corrected chi connectivity index (χ1v) is 7.01. The van der Waals surface area contributed by atoms with Crippen LogP contribution in [0.5, 0.6) is 0 Å². The Morgan fingerprint density at radius 3 is 1.69 bits per heavy atom. The smallest absolute Gasteiger partial charge is 0.0351 e. The summed E-state index contributed by atoms with van der Waals surface area (Å²) in [5, 5.41) is 0. The SMILES string of the molecule is [CH2]CCCCCC=CCCCCC=CCC. The van der Waals surface area contributed by atoms with Crippen LogP contribution in [0.2, 0.25) is 0 Å². The number of hydrogen-bond acceptors (Lipinski definition) is 0. The Morgan fingerprint density at radius 2 is 1.19 bits per heavy atom. The summed E-state index contributed by atoms with van der Waals surface area (Å²) in [5.74, 6) is 0. The van der Waals surface area contributed by atoms with Crippen molar-refractivity contribution in [3.8, 4) is 0 Å². The van der Waals surface area contributed by atoms with E-state index in [0.717, 1.165) is 6.42 Å². The predicted octanol–water partition coefficient (Wildman–Crippen LogP) is 5.85. The molecule has 0 aromatic heterocycles. The van der Waals surface area contributed by atoms with Gasteiger partial charge in [-0.05, 0) is 44.9 Å². The topological polar surface area (TPSA) is 0 Å². The highest BCUT2D eigenvalue weighted by Crippen LogP contribution is 2.05. The average molecular weight is 221 g/mol. The van der Waals surface area contributed by atoms with Crippen LogP contribution in [0.3, 0.4) is 0 Å². The van der Waals surface area contributed by atoms with Crippen LogP contribution < -0.4 is 0 Å². The zero-order valence-electron chi connectivity index (χ0n) is 11.1. The number of rotatable bonds is 11. The van der Waals surface area contributed by atoms with Crippen LogP contribution in [-0.4, -0.2) is 0 Å². The molecule has 0 fully saturated rings. The van der Waals surface area contributed by atoms with Crippen LogP contribution in [0.4, 0.5) is 0 Å². The van der Waals surface area contributed by atoms with Gasteiger partial charge in [0.05, 0.1) is 0 Å². The second-order valence-electron chi connectivity index (χ2n) is 4.34.